The molecule has 2 amide bonds. The van der Waals surface area contributed by atoms with Gasteiger partial charge >= 0.3 is 0 Å². The molecule has 2 aromatic heterocycles. The molecular formula is C29H28N4O3. The lowest BCUT2D eigenvalue weighted by Crippen LogP contribution is -2.37. The van der Waals surface area contributed by atoms with Crippen molar-refractivity contribution >= 4 is 22.7 Å². The molecule has 0 saturated carbocycles. The standard InChI is InChI=1S/C29H28N4O3/c1-3-13-36-23-9-6-8-21(14-23)29(35)33-12-11-24-22(18-33)16-30-19(2)25(24)17-31-28(34)27-15-20-7-4-5-10-26(20)32-27/h3-10,14-16,32H,1,11-13,17-18H2,2H3,(H,31,34). The van der Waals surface area contributed by atoms with Gasteiger partial charge in [-0.25, -0.2) is 0 Å². The molecule has 1 aliphatic rings. The van der Waals surface area contributed by atoms with Crippen molar-refractivity contribution in [1.82, 2.24) is 20.2 Å². The van der Waals surface area contributed by atoms with Crippen molar-refractivity contribution in [2.24, 2.45) is 0 Å². The van der Waals surface area contributed by atoms with Crippen LogP contribution < -0.4 is 10.1 Å². The number of pyridine rings is 1. The SMILES string of the molecule is C=CCOc1cccc(C(=O)N2CCc3c(cnc(C)c3CNC(=O)c3cc4ccccc4[nH]3)C2)c1. The predicted octanol–water partition coefficient (Wildman–Crippen LogP) is 4.56. The summed E-state index contributed by atoms with van der Waals surface area (Å²) in [5.41, 5.74) is 6.12. The third kappa shape index (κ3) is 4.73. The first-order valence-electron chi connectivity index (χ1n) is 12.0. The number of carbonyl (C=O) groups is 2. The van der Waals surface area contributed by atoms with Gasteiger partial charge < -0.3 is 19.9 Å². The lowest BCUT2D eigenvalue weighted by molar-refractivity contribution is 0.0733. The summed E-state index contributed by atoms with van der Waals surface area (Å²) in [7, 11) is 0. The van der Waals surface area contributed by atoms with Gasteiger partial charge in [-0.3, -0.25) is 14.6 Å². The molecule has 7 heteroatoms. The predicted molar refractivity (Wildman–Crippen MR) is 139 cm³/mol. The fourth-order valence-corrected chi connectivity index (χ4v) is 4.65. The number of nitrogens with zero attached hydrogens (tertiary/aromatic N) is 2. The van der Waals surface area contributed by atoms with Gasteiger partial charge in [-0.2, -0.15) is 0 Å². The van der Waals surface area contributed by atoms with Crippen LogP contribution in [0.15, 0.2) is 73.4 Å². The van der Waals surface area contributed by atoms with Crippen molar-refractivity contribution in [1.29, 1.82) is 0 Å². The van der Waals surface area contributed by atoms with Gasteiger partial charge in [-0.1, -0.05) is 36.9 Å². The van der Waals surface area contributed by atoms with Gasteiger partial charge in [0.05, 0.1) is 0 Å². The minimum atomic E-state index is -0.158. The molecule has 2 aromatic carbocycles. The third-order valence-electron chi connectivity index (χ3n) is 6.53. The summed E-state index contributed by atoms with van der Waals surface area (Å²) in [5.74, 6) is 0.441. The number of carbonyl (C=O) groups excluding carboxylic acids is 2. The molecular weight excluding hydrogens is 452 g/mol. The van der Waals surface area contributed by atoms with Crippen LogP contribution in [0.1, 0.15) is 43.2 Å². The molecule has 0 fully saturated rings. The van der Waals surface area contributed by atoms with Crippen molar-refractivity contribution < 1.29 is 14.3 Å². The number of H-pyrrole nitrogens is 1. The second-order valence-electron chi connectivity index (χ2n) is 8.88. The number of aromatic amines is 1. The first-order chi connectivity index (χ1) is 17.5. The number of aryl methyl sites for hydroxylation is 1. The van der Waals surface area contributed by atoms with E-state index in [2.05, 4.69) is 21.9 Å². The van der Waals surface area contributed by atoms with E-state index in [9.17, 15) is 9.59 Å². The molecule has 0 bridgehead atoms. The fourth-order valence-electron chi connectivity index (χ4n) is 4.65. The molecule has 182 valence electrons. The summed E-state index contributed by atoms with van der Waals surface area (Å²) in [5, 5.41) is 4.04. The number of aromatic nitrogens is 2. The minimum absolute atomic E-state index is 0.0426. The second-order valence-corrected chi connectivity index (χ2v) is 8.88. The molecule has 0 aliphatic carbocycles. The molecule has 0 radical (unpaired) electrons. The van der Waals surface area contributed by atoms with E-state index in [0.717, 1.165) is 33.3 Å². The topological polar surface area (TPSA) is 87.3 Å². The smallest absolute Gasteiger partial charge is 0.267 e. The Morgan fingerprint density at radius 1 is 1.19 bits per heavy atom. The van der Waals surface area contributed by atoms with E-state index in [0.29, 0.717) is 49.7 Å². The van der Waals surface area contributed by atoms with Crippen LogP contribution >= 0.6 is 0 Å². The average Bonchev–Trinajstić information content (AvgIpc) is 3.35. The zero-order valence-corrected chi connectivity index (χ0v) is 20.2. The van der Waals surface area contributed by atoms with E-state index in [1.165, 1.54) is 0 Å². The number of hydrogen-bond donors (Lipinski definition) is 2. The van der Waals surface area contributed by atoms with Crippen LogP contribution in [0.5, 0.6) is 5.75 Å². The van der Waals surface area contributed by atoms with Crippen LogP contribution in [0.4, 0.5) is 0 Å². The lowest BCUT2D eigenvalue weighted by atomic mass is 9.94. The molecule has 7 nitrogen and oxygen atoms in total. The van der Waals surface area contributed by atoms with Crippen molar-refractivity contribution in [3.8, 4) is 5.75 Å². The molecule has 0 unspecified atom stereocenters. The summed E-state index contributed by atoms with van der Waals surface area (Å²) < 4.78 is 5.58. The van der Waals surface area contributed by atoms with Gasteiger partial charge in [0.15, 0.2) is 0 Å². The highest BCUT2D eigenvalue weighted by Crippen LogP contribution is 2.26. The molecule has 0 spiro atoms. The Labute approximate surface area is 209 Å². The average molecular weight is 481 g/mol. The molecule has 4 aromatic rings. The molecule has 3 heterocycles. The largest absolute Gasteiger partial charge is 0.490 e. The normalized spacial score (nSPS) is 12.8. The Morgan fingerprint density at radius 2 is 2.06 bits per heavy atom. The molecule has 0 saturated heterocycles. The van der Waals surface area contributed by atoms with Crippen LogP contribution in [0, 0.1) is 6.92 Å². The zero-order valence-electron chi connectivity index (χ0n) is 20.2. The summed E-state index contributed by atoms with van der Waals surface area (Å²) in [4.78, 5) is 35.6. The zero-order chi connectivity index (χ0) is 25.1. The van der Waals surface area contributed by atoms with Gasteiger partial charge in [0.1, 0.15) is 18.1 Å². The Morgan fingerprint density at radius 3 is 2.89 bits per heavy atom. The van der Waals surface area contributed by atoms with E-state index in [4.69, 9.17) is 4.74 Å². The van der Waals surface area contributed by atoms with Gasteiger partial charge in [0.2, 0.25) is 0 Å². The van der Waals surface area contributed by atoms with E-state index in [1.54, 1.807) is 18.2 Å². The Kier molecular flexibility index (Phi) is 6.54. The Balaban J connectivity index is 1.29. The number of hydrogen-bond acceptors (Lipinski definition) is 4. The summed E-state index contributed by atoms with van der Waals surface area (Å²) in [6.07, 6.45) is 4.22. The maximum absolute atomic E-state index is 13.2. The molecule has 5 rings (SSSR count). The van der Waals surface area contributed by atoms with Crippen LogP contribution in [0.2, 0.25) is 0 Å². The number of nitrogens with one attached hydrogen (secondary N) is 2. The Hall–Kier alpha value is -4.39. The number of ether oxygens (including phenoxy) is 1. The summed E-state index contributed by atoms with van der Waals surface area (Å²) in [6.45, 7) is 7.45. The van der Waals surface area contributed by atoms with Crippen LogP contribution in [0.3, 0.4) is 0 Å². The van der Waals surface area contributed by atoms with Crippen molar-refractivity contribution in [3.63, 3.8) is 0 Å². The van der Waals surface area contributed by atoms with Crippen molar-refractivity contribution in [2.45, 2.75) is 26.4 Å². The van der Waals surface area contributed by atoms with E-state index in [-0.39, 0.29) is 11.8 Å². The van der Waals surface area contributed by atoms with Gasteiger partial charge in [0, 0.05) is 48.0 Å². The lowest BCUT2D eigenvalue weighted by Gasteiger charge is -2.30. The van der Waals surface area contributed by atoms with Gasteiger partial charge in [-0.05, 0) is 60.4 Å². The van der Waals surface area contributed by atoms with Gasteiger partial charge in [0.25, 0.3) is 11.8 Å². The van der Waals surface area contributed by atoms with Crippen LogP contribution in [-0.2, 0) is 19.5 Å². The van der Waals surface area contributed by atoms with Crippen molar-refractivity contribution in [3.05, 3.63) is 107 Å². The summed E-state index contributed by atoms with van der Waals surface area (Å²) in [6, 6.07) is 16.9. The quantitative estimate of drug-likeness (QED) is 0.380. The number of benzene rings is 2. The van der Waals surface area contributed by atoms with Crippen molar-refractivity contribution in [2.75, 3.05) is 13.2 Å². The highest BCUT2D eigenvalue weighted by molar-refractivity contribution is 5.98. The first-order valence-corrected chi connectivity index (χ1v) is 12.0. The number of para-hydroxylation sites is 1. The third-order valence-corrected chi connectivity index (χ3v) is 6.53. The monoisotopic (exact) mass is 480 g/mol. The minimum Gasteiger partial charge on any atom is -0.490 e. The Bertz CT molecular complexity index is 1420. The second kappa shape index (κ2) is 10.1. The fraction of sp³-hybridized carbons (Fsp3) is 0.207. The van der Waals surface area contributed by atoms with Gasteiger partial charge in [-0.15, -0.1) is 0 Å². The highest BCUT2D eigenvalue weighted by atomic mass is 16.5. The number of rotatable bonds is 7. The first kappa shape index (κ1) is 23.4. The van der Waals surface area contributed by atoms with Crippen LogP contribution in [0.25, 0.3) is 10.9 Å². The van der Waals surface area contributed by atoms with E-state index >= 15 is 0 Å². The molecule has 2 N–H and O–H groups in total. The van der Waals surface area contributed by atoms with Crippen LogP contribution in [-0.4, -0.2) is 39.8 Å². The molecule has 0 atom stereocenters. The number of amides is 2. The van der Waals surface area contributed by atoms with E-state index < -0.39 is 0 Å². The maximum Gasteiger partial charge on any atom is 0.267 e. The maximum atomic E-state index is 13.2. The summed E-state index contributed by atoms with van der Waals surface area (Å²) >= 11 is 0. The highest BCUT2D eigenvalue weighted by Gasteiger charge is 2.25. The number of fused-ring (bicyclic) bond motifs is 2. The molecule has 36 heavy (non-hydrogen) atoms. The molecule has 1 aliphatic heterocycles. The van der Waals surface area contributed by atoms with E-state index in [1.807, 2.05) is 60.5 Å².